The van der Waals surface area contributed by atoms with Gasteiger partial charge >= 0.3 is 66.2 Å². The summed E-state index contributed by atoms with van der Waals surface area (Å²) in [5.41, 5.74) is 0. The monoisotopic (exact) mass is 356 g/mol. The van der Waals surface area contributed by atoms with Gasteiger partial charge in [-0.3, -0.25) is 0 Å². The van der Waals surface area contributed by atoms with E-state index in [1.54, 1.807) is 0 Å². The summed E-state index contributed by atoms with van der Waals surface area (Å²) in [4.78, 5) is 49.9. The van der Waals surface area contributed by atoms with Gasteiger partial charge in [-0.15, -0.1) is 0 Å². The van der Waals surface area contributed by atoms with Crippen molar-refractivity contribution in [2.24, 2.45) is 0 Å². The fourth-order valence-corrected chi connectivity index (χ4v) is 0. The van der Waals surface area contributed by atoms with Gasteiger partial charge in [0.15, 0.2) is 0 Å². The molecular formula is HAlBaO8P2. The van der Waals surface area contributed by atoms with Crippen LogP contribution in [-0.2, 0) is 9.13 Å². The zero-order valence-electron chi connectivity index (χ0n) is 5.48. The average Bonchev–Trinajstić information content (AvgIpc) is 1.12. The molecule has 0 heterocycles. The zero-order valence-corrected chi connectivity index (χ0v) is 12.9. The van der Waals surface area contributed by atoms with Gasteiger partial charge in [0.25, 0.3) is 0 Å². The average molecular weight is 355 g/mol. The van der Waals surface area contributed by atoms with Crippen LogP contribution in [0, 0.1) is 0 Å². The Hall–Kier alpha value is 2.32. The van der Waals surface area contributed by atoms with E-state index in [1.807, 2.05) is 0 Å². The van der Waals surface area contributed by atoms with Gasteiger partial charge in [0, 0.05) is 0 Å². The van der Waals surface area contributed by atoms with Crippen molar-refractivity contribution < 1.29 is 38.5 Å². The van der Waals surface area contributed by atoms with Crippen molar-refractivity contribution in [2.75, 3.05) is 0 Å². The van der Waals surface area contributed by atoms with Gasteiger partial charge in [0.05, 0.1) is 7.82 Å². The number of rotatable bonds is 0. The Balaban J connectivity index is -0.0000000457. The standard InChI is InChI=1S/Al.Ba.2H3O4P/c;;2*1-5(2,3)4/h;;2*(H3,1,2,3,4)/q+3;+2;;/p-5. The van der Waals surface area contributed by atoms with E-state index in [0.29, 0.717) is 0 Å². The zero-order chi connectivity index (χ0) is 9.00. The van der Waals surface area contributed by atoms with Crippen molar-refractivity contribution >= 4 is 81.9 Å². The molecule has 12 heteroatoms. The molecule has 8 nitrogen and oxygen atoms in total. The predicted octanol–water partition coefficient (Wildman–Crippen LogP) is -5.78. The summed E-state index contributed by atoms with van der Waals surface area (Å²) >= 11 is 0. The van der Waals surface area contributed by atoms with Crippen molar-refractivity contribution in [3.05, 3.63) is 0 Å². The van der Waals surface area contributed by atoms with Crippen molar-refractivity contribution in [3.63, 3.8) is 0 Å². The van der Waals surface area contributed by atoms with Crippen LogP contribution >= 0.6 is 15.6 Å². The van der Waals surface area contributed by atoms with Gasteiger partial charge in [-0.1, -0.05) is 0 Å². The molecule has 0 aromatic rings. The molecule has 64 valence electrons. The smallest absolute Gasteiger partial charge is 0.822 e. The van der Waals surface area contributed by atoms with Crippen LogP contribution in [0.4, 0.5) is 0 Å². The second kappa shape index (κ2) is 9.86. The summed E-state index contributed by atoms with van der Waals surface area (Å²) in [5, 5.41) is 0. The van der Waals surface area contributed by atoms with Crippen molar-refractivity contribution in [2.45, 2.75) is 0 Å². The Morgan fingerprint density at radius 2 is 0.917 bits per heavy atom. The third-order valence-electron chi connectivity index (χ3n) is 0. The second-order valence-electron chi connectivity index (χ2n) is 0.916. The van der Waals surface area contributed by atoms with Gasteiger partial charge in [0.2, 0.25) is 0 Å². The van der Waals surface area contributed by atoms with E-state index in [2.05, 4.69) is 0 Å². The quantitative estimate of drug-likeness (QED) is 0.331. The maximum absolute atomic E-state index is 8.66. The molecule has 0 aromatic carbocycles. The third kappa shape index (κ3) is 293. The minimum Gasteiger partial charge on any atom is -0.822 e. The number of phosphoric acid groups is 2. The molecule has 0 unspecified atom stereocenters. The van der Waals surface area contributed by atoms with E-state index >= 15 is 0 Å². The minimum absolute atomic E-state index is 0. The summed E-state index contributed by atoms with van der Waals surface area (Å²) in [6.45, 7) is 0. The fraction of sp³-hybridized carbons (Fsp3) is 0. The normalized spacial score (nSPS) is 9.83. The summed E-state index contributed by atoms with van der Waals surface area (Å²) < 4.78 is 17.2. The van der Waals surface area contributed by atoms with Gasteiger partial charge in [-0.25, -0.2) is 0 Å². The largest absolute Gasteiger partial charge is 3.00 e. The Labute approximate surface area is 119 Å². The second-order valence-corrected chi connectivity index (χ2v) is 2.75. The molecule has 1 N–H and O–H groups in total. The molecular weight excluding hydrogens is 354 g/mol. The SMILES string of the molecule is O=P([O-])([O-])O.O=P([O-])([O-])[O-].[Al+3].[Ba+2]. The van der Waals surface area contributed by atoms with E-state index in [4.69, 9.17) is 38.5 Å². The van der Waals surface area contributed by atoms with Crippen LogP contribution in [-0.4, -0.2) is 71.1 Å². The van der Waals surface area contributed by atoms with Crippen LogP contribution in [0.5, 0.6) is 0 Å². The van der Waals surface area contributed by atoms with Crippen molar-refractivity contribution in [3.8, 4) is 0 Å². The molecule has 0 aliphatic heterocycles. The van der Waals surface area contributed by atoms with Gasteiger partial charge in [0.1, 0.15) is 0 Å². The maximum Gasteiger partial charge on any atom is 3.00 e. The summed E-state index contributed by atoms with van der Waals surface area (Å²) in [7, 11) is -10.5. The first-order valence-corrected chi connectivity index (χ1v) is 4.43. The fourth-order valence-electron chi connectivity index (χ4n) is 0. The van der Waals surface area contributed by atoms with E-state index in [1.165, 1.54) is 0 Å². The number of hydrogen-bond donors (Lipinski definition) is 1. The molecule has 0 rings (SSSR count). The van der Waals surface area contributed by atoms with Crippen LogP contribution in [0.15, 0.2) is 0 Å². The first-order chi connectivity index (χ1) is 4.00. The summed E-state index contributed by atoms with van der Waals surface area (Å²) in [6, 6.07) is 0. The molecule has 0 saturated carbocycles. The molecule has 0 spiro atoms. The molecule has 0 aromatic heterocycles. The topological polar surface area (TPSA) is 170 Å². The van der Waals surface area contributed by atoms with E-state index in [-0.39, 0.29) is 66.2 Å². The first-order valence-electron chi connectivity index (χ1n) is 1.48. The van der Waals surface area contributed by atoms with E-state index in [9.17, 15) is 0 Å². The van der Waals surface area contributed by atoms with Crippen LogP contribution in [0.3, 0.4) is 0 Å². The minimum atomic E-state index is -5.39. The molecule has 0 saturated heterocycles. The van der Waals surface area contributed by atoms with Crippen LogP contribution in [0.1, 0.15) is 0 Å². The Kier molecular flexibility index (Phi) is 19.6. The van der Waals surface area contributed by atoms with Crippen molar-refractivity contribution in [1.29, 1.82) is 0 Å². The van der Waals surface area contributed by atoms with Gasteiger partial charge < -0.3 is 38.5 Å². The molecule has 0 aliphatic rings. The van der Waals surface area contributed by atoms with E-state index in [0.717, 1.165) is 0 Å². The van der Waals surface area contributed by atoms with Crippen LogP contribution < -0.4 is 24.5 Å². The van der Waals surface area contributed by atoms with Gasteiger partial charge in [-0.05, 0) is 0 Å². The predicted molar refractivity (Wildman–Crippen MR) is 28.9 cm³/mol. The Morgan fingerprint density at radius 3 is 0.917 bits per heavy atom. The molecule has 0 amide bonds. The Morgan fingerprint density at radius 1 is 0.917 bits per heavy atom. The molecule has 12 heavy (non-hydrogen) atoms. The van der Waals surface area contributed by atoms with Gasteiger partial charge in [-0.2, -0.15) is 7.82 Å². The molecule has 0 fully saturated rings. The summed E-state index contributed by atoms with van der Waals surface area (Å²) in [5.74, 6) is 0. The molecule has 0 bridgehead atoms. The molecule has 0 aliphatic carbocycles. The van der Waals surface area contributed by atoms with Crippen molar-refractivity contribution in [1.82, 2.24) is 0 Å². The third-order valence-corrected chi connectivity index (χ3v) is 0. The first kappa shape index (κ1) is 23.9. The number of hydrogen-bond acceptors (Lipinski definition) is 7. The summed E-state index contributed by atoms with van der Waals surface area (Å²) in [6.07, 6.45) is 0. The van der Waals surface area contributed by atoms with E-state index < -0.39 is 15.6 Å². The molecule has 0 radical (unpaired) electrons. The van der Waals surface area contributed by atoms with Crippen LogP contribution in [0.2, 0.25) is 0 Å². The Bertz CT molecular complexity index is 129. The van der Waals surface area contributed by atoms with Crippen LogP contribution in [0.25, 0.3) is 0 Å². The maximum atomic E-state index is 8.66. The molecule has 0 atom stereocenters.